The number of aliphatic imine (C=N–C) groups is 1. The summed E-state index contributed by atoms with van der Waals surface area (Å²) in [6.45, 7) is 6.46. The zero-order chi connectivity index (χ0) is 17.2. The maximum absolute atomic E-state index is 12.4. The fourth-order valence-corrected chi connectivity index (χ4v) is 1.88. The van der Waals surface area contributed by atoms with Gasteiger partial charge in [-0.25, -0.2) is 4.99 Å². The van der Waals surface area contributed by atoms with Gasteiger partial charge < -0.3 is 20.1 Å². The van der Waals surface area contributed by atoms with Gasteiger partial charge in [0.2, 0.25) is 0 Å². The van der Waals surface area contributed by atoms with Gasteiger partial charge in [-0.1, -0.05) is 6.07 Å². The van der Waals surface area contributed by atoms with Gasteiger partial charge in [0.15, 0.2) is 17.5 Å². The van der Waals surface area contributed by atoms with Gasteiger partial charge in [-0.3, -0.25) is 0 Å². The minimum atomic E-state index is -2.88. The molecule has 0 bridgehead atoms. The molecule has 5 nitrogen and oxygen atoms in total. The van der Waals surface area contributed by atoms with E-state index in [1.807, 2.05) is 20.8 Å². The van der Waals surface area contributed by atoms with Crippen molar-refractivity contribution < 1.29 is 18.3 Å². The Hall–Kier alpha value is -1.32. The van der Waals surface area contributed by atoms with E-state index in [1.54, 1.807) is 19.1 Å². The minimum absolute atomic E-state index is 0. The molecule has 138 valence electrons. The quantitative estimate of drug-likeness (QED) is 0.355. The van der Waals surface area contributed by atoms with Crippen LogP contribution in [0.15, 0.2) is 23.2 Å². The Kier molecular flexibility index (Phi) is 11.4. The summed E-state index contributed by atoms with van der Waals surface area (Å²) in [4.78, 5) is 4.47. The number of hydrogen-bond acceptors (Lipinski definition) is 3. The number of guanidine groups is 1. The van der Waals surface area contributed by atoms with Gasteiger partial charge in [-0.2, -0.15) is 8.78 Å². The fraction of sp³-hybridized carbons (Fsp3) is 0.562. The highest BCUT2D eigenvalue weighted by atomic mass is 127. The SMILES string of the molecule is CCNC(=NCc1ccc(OC(F)F)c(OCC)c1)NC(C)C.I. The number of halogens is 3. The number of nitrogens with zero attached hydrogens (tertiary/aromatic N) is 1. The van der Waals surface area contributed by atoms with Crippen LogP contribution in [0.4, 0.5) is 8.78 Å². The van der Waals surface area contributed by atoms with Crippen molar-refractivity contribution in [1.82, 2.24) is 10.6 Å². The minimum Gasteiger partial charge on any atom is -0.490 e. The Bertz CT molecular complexity index is 514. The Labute approximate surface area is 159 Å². The summed E-state index contributed by atoms with van der Waals surface area (Å²) < 4.78 is 34.6. The third-order valence-electron chi connectivity index (χ3n) is 2.71. The molecule has 1 aromatic rings. The highest BCUT2D eigenvalue weighted by Crippen LogP contribution is 2.30. The lowest BCUT2D eigenvalue weighted by Gasteiger charge is -2.15. The summed E-state index contributed by atoms with van der Waals surface area (Å²) in [5.41, 5.74) is 0.844. The molecule has 0 saturated heterocycles. The van der Waals surface area contributed by atoms with Gasteiger partial charge in [-0.05, 0) is 45.4 Å². The summed E-state index contributed by atoms with van der Waals surface area (Å²) in [6.07, 6.45) is 0. The van der Waals surface area contributed by atoms with Crippen molar-refractivity contribution in [2.24, 2.45) is 4.99 Å². The van der Waals surface area contributed by atoms with E-state index in [1.165, 1.54) is 6.07 Å². The third-order valence-corrected chi connectivity index (χ3v) is 2.71. The second-order valence-electron chi connectivity index (χ2n) is 5.09. The number of hydrogen-bond donors (Lipinski definition) is 2. The maximum atomic E-state index is 12.4. The van der Waals surface area contributed by atoms with Gasteiger partial charge >= 0.3 is 6.61 Å². The van der Waals surface area contributed by atoms with E-state index in [0.29, 0.717) is 24.9 Å². The number of nitrogens with one attached hydrogen (secondary N) is 2. The lowest BCUT2D eigenvalue weighted by atomic mass is 10.2. The molecule has 0 unspecified atom stereocenters. The predicted molar refractivity (Wildman–Crippen MR) is 103 cm³/mol. The zero-order valence-electron chi connectivity index (χ0n) is 14.4. The zero-order valence-corrected chi connectivity index (χ0v) is 16.8. The molecular weight excluding hydrogens is 431 g/mol. The van der Waals surface area contributed by atoms with Crippen LogP contribution in [-0.2, 0) is 6.54 Å². The van der Waals surface area contributed by atoms with Crippen molar-refractivity contribution in [3.8, 4) is 11.5 Å². The van der Waals surface area contributed by atoms with E-state index < -0.39 is 6.61 Å². The van der Waals surface area contributed by atoms with Crippen LogP contribution < -0.4 is 20.1 Å². The van der Waals surface area contributed by atoms with E-state index in [-0.39, 0.29) is 35.8 Å². The molecule has 0 heterocycles. The Morgan fingerprint density at radius 1 is 1.21 bits per heavy atom. The molecule has 24 heavy (non-hydrogen) atoms. The molecule has 0 aliphatic rings. The number of benzene rings is 1. The number of alkyl halides is 2. The largest absolute Gasteiger partial charge is 0.490 e. The topological polar surface area (TPSA) is 54.9 Å². The molecule has 0 saturated carbocycles. The molecule has 0 amide bonds. The molecule has 0 aromatic heterocycles. The third kappa shape index (κ3) is 8.51. The van der Waals surface area contributed by atoms with Gasteiger partial charge in [0.25, 0.3) is 0 Å². The highest BCUT2D eigenvalue weighted by Gasteiger charge is 2.11. The summed E-state index contributed by atoms with van der Waals surface area (Å²) in [6, 6.07) is 5.10. The smallest absolute Gasteiger partial charge is 0.387 e. The van der Waals surface area contributed by atoms with Crippen LogP contribution in [0.2, 0.25) is 0 Å². The van der Waals surface area contributed by atoms with Crippen LogP contribution in [0.5, 0.6) is 11.5 Å². The van der Waals surface area contributed by atoms with Crippen molar-refractivity contribution in [2.45, 2.75) is 46.9 Å². The van der Waals surface area contributed by atoms with E-state index in [0.717, 1.165) is 12.1 Å². The molecule has 1 aromatic carbocycles. The monoisotopic (exact) mass is 457 g/mol. The van der Waals surface area contributed by atoms with Crippen LogP contribution in [0, 0.1) is 0 Å². The first kappa shape index (κ1) is 22.7. The lowest BCUT2D eigenvalue weighted by molar-refractivity contribution is -0.0514. The van der Waals surface area contributed by atoms with Crippen LogP contribution in [0.25, 0.3) is 0 Å². The molecule has 0 atom stereocenters. The van der Waals surface area contributed by atoms with E-state index in [4.69, 9.17) is 4.74 Å². The standard InChI is InChI=1S/C16H25F2N3O2.HI/c1-5-19-16(21-11(3)4)20-10-12-7-8-13(23-15(17)18)14(9-12)22-6-2;/h7-9,11,15H,5-6,10H2,1-4H3,(H2,19,20,21);1H. The molecule has 0 spiro atoms. The van der Waals surface area contributed by atoms with E-state index >= 15 is 0 Å². The summed E-state index contributed by atoms with van der Waals surface area (Å²) in [5.74, 6) is 1.03. The molecule has 0 fully saturated rings. The molecule has 8 heteroatoms. The van der Waals surface area contributed by atoms with Crippen LogP contribution in [0.1, 0.15) is 33.3 Å². The summed E-state index contributed by atoms with van der Waals surface area (Å²) in [7, 11) is 0. The predicted octanol–water partition coefficient (Wildman–Crippen LogP) is 3.77. The Morgan fingerprint density at radius 2 is 1.92 bits per heavy atom. The van der Waals surface area contributed by atoms with Gasteiger partial charge in [0, 0.05) is 12.6 Å². The molecule has 0 aliphatic carbocycles. The molecule has 2 N–H and O–H groups in total. The van der Waals surface area contributed by atoms with Crippen molar-refractivity contribution in [3.63, 3.8) is 0 Å². The first-order chi connectivity index (χ1) is 11.0. The maximum Gasteiger partial charge on any atom is 0.387 e. The lowest BCUT2D eigenvalue weighted by Crippen LogP contribution is -2.40. The summed E-state index contributed by atoms with van der Waals surface area (Å²) >= 11 is 0. The van der Waals surface area contributed by atoms with Crippen LogP contribution in [-0.4, -0.2) is 31.8 Å². The molecule has 0 radical (unpaired) electrons. The van der Waals surface area contributed by atoms with Gasteiger partial charge in [-0.15, -0.1) is 24.0 Å². The average molecular weight is 457 g/mol. The molecular formula is C16H26F2IN3O2. The van der Waals surface area contributed by atoms with E-state index in [9.17, 15) is 8.78 Å². The second kappa shape index (κ2) is 12.1. The van der Waals surface area contributed by atoms with E-state index in [2.05, 4.69) is 20.4 Å². The van der Waals surface area contributed by atoms with Crippen molar-refractivity contribution in [1.29, 1.82) is 0 Å². The first-order valence-electron chi connectivity index (χ1n) is 7.71. The number of ether oxygens (including phenoxy) is 2. The highest BCUT2D eigenvalue weighted by molar-refractivity contribution is 14.0. The normalized spacial score (nSPS) is 11.2. The molecule has 1 rings (SSSR count). The van der Waals surface area contributed by atoms with Crippen molar-refractivity contribution in [3.05, 3.63) is 23.8 Å². The van der Waals surface area contributed by atoms with Crippen molar-refractivity contribution in [2.75, 3.05) is 13.2 Å². The number of rotatable bonds is 8. The molecule has 0 aliphatic heterocycles. The Morgan fingerprint density at radius 3 is 2.46 bits per heavy atom. The van der Waals surface area contributed by atoms with Crippen LogP contribution >= 0.6 is 24.0 Å². The first-order valence-corrected chi connectivity index (χ1v) is 7.71. The average Bonchev–Trinajstić information content (AvgIpc) is 2.46. The summed E-state index contributed by atoms with van der Waals surface area (Å²) in [5, 5.41) is 6.36. The van der Waals surface area contributed by atoms with Crippen molar-refractivity contribution >= 4 is 29.9 Å². The van der Waals surface area contributed by atoms with Crippen LogP contribution in [0.3, 0.4) is 0 Å². The fourth-order valence-electron chi connectivity index (χ4n) is 1.88. The Balaban J connectivity index is 0.00000529. The second-order valence-corrected chi connectivity index (χ2v) is 5.09. The van der Waals surface area contributed by atoms with Gasteiger partial charge in [0.05, 0.1) is 13.2 Å². The van der Waals surface area contributed by atoms with Gasteiger partial charge in [0.1, 0.15) is 0 Å².